The Balaban J connectivity index is 1.77. The van der Waals surface area contributed by atoms with Crippen LogP contribution in [0.15, 0.2) is 30.5 Å². The van der Waals surface area contributed by atoms with Crippen molar-refractivity contribution >= 4 is 21.6 Å². The molecule has 1 atom stereocenters. The highest BCUT2D eigenvalue weighted by atomic mass is 32.2. The standard InChI is InChI=1S/C18H23N5O3S/c1-3-23(15-7-9-27(25,26)12-15)17-10-16(21-13(2)22-17)18(24)20-11-14-6-4-5-8-19-14/h4-6,8,10,15H,3,7,9,11-12H2,1-2H3,(H,20,24). The number of hydrogen-bond donors (Lipinski definition) is 1. The number of pyridine rings is 1. The number of hydrogen-bond acceptors (Lipinski definition) is 7. The molecule has 1 aliphatic heterocycles. The van der Waals surface area contributed by atoms with E-state index >= 15 is 0 Å². The van der Waals surface area contributed by atoms with E-state index in [-0.39, 0.29) is 29.1 Å². The van der Waals surface area contributed by atoms with Crippen molar-refractivity contribution < 1.29 is 13.2 Å². The SMILES string of the molecule is CCN(c1cc(C(=O)NCc2ccccn2)nc(C)n1)C1CCS(=O)(=O)C1. The van der Waals surface area contributed by atoms with Crippen LogP contribution < -0.4 is 10.2 Å². The van der Waals surface area contributed by atoms with Crippen LogP contribution in [0.25, 0.3) is 0 Å². The highest BCUT2D eigenvalue weighted by molar-refractivity contribution is 7.91. The molecule has 1 aliphatic rings. The topological polar surface area (TPSA) is 105 Å². The first-order valence-corrected chi connectivity index (χ1v) is 10.7. The van der Waals surface area contributed by atoms with Gasteiger partial charge in [0.1, 0.15) is 17.3 Å². The predicted molar refractivity (Wildman–Crippen MR) is 102 cm³/mol. The number of carbonyl (C=O) groups excluding carboxylic acids is 1. The molecule has 8 nitrogen and oxygen atoms in total. The van der Waals surface area contributed by atoms with Gasteiger partial charge in [0.2, 0.25) is 0 Å². The van der Waals surface area contributed by atoms with Gasteiger partial charge in [0, 0.05) is 24.8 Å². The smallest absolute Gasteiger partial charge is 0.270 e. The van der Waals surface area contributed by atoms with Gasteiger partial charge in [-0.2, -0.15) is 0 Å². The van der Waals surface area contributed by atoms with Gasteiger partial charge in [-0.05, 0) is 32.4 Å². The molecule has 0 radical (unpaired) electrons. The fourth-order valence-corrected chi connectivity index (χ4v) is 4.94. The van der Waals surface area contributed by atoms with Crippen molar-refractivity contribution in [2.24, 2.45) is 0 Å². The summed E-state index contributed by atoms with van der Waals surface area (Å²) >= 11 is 0. The Hall–Kier alpha value is -2.55. The molecule has 2 aromatic heterocycles. The Morgan fingerprint density at radius 1 is 1.33 bits per heavy atom. The van der Waals surface area contributed by atoms with E-state index in [1.807, 2.05) is 30.0 Å². The monoisotopic (exact) mass is 389 g/mol. The van der Waals surface area contributed by atoms with Gasteiger partial charge in [0.05, 0.1) is 23.7 Å². The summed E-state index contributed by atoms with van der Waals surface area (Å²) in [6.07, 6.45) is 2.24. The number of aryl methyl sites for hydroxylation is 1. The van der Waals surface area contributed by atoms with Crippen molar-refractivity contribution in [2.75, 3.05) is 23.0 Å². The maximum Gasteiger partial charge on any atom is 0.270 e. The summed E-state index contributed by atoms with van der Waals surface area (Å²) in [7, 11) is -3.01. The molecule has 0 aromatic carbocycles. The molecule has 9 heteroatoms. The lowest BCUT2D eigenvalue weighted by atomic mass is 10.2. The van der Waals surface area contributed by atoms with E-state index in [0.29, 0.717) is 31.2 Å². The summed E-state index contributed by atoms with van der Waals surface area (Å²) < 4.78 is 23.7. The molecular formula is C18H23N5O3S. The molecule has 1 N–H and O–H groups in total. The van der Waals surface area contributed by atoms with Gasteiger partial charge in [-0.15, -0.1) is 0 Å². The first-order chi connectivity index (χ1) is 12.9. The first kappa shape index (κ1) is 19.2. The maximum absolute atomic E-state index is 12.5. The van der Waals surface area contributed by atoms with Gasteiger partial charge >= 0.3 is 0 Å². The van der Waals surface area contributed by atoms with Crippen LogP contribution in [-0.2, 0) is 16.4 Å². The third-order valence-electron chi connectivity index (χ3n) is 4.50. The van der Waals surface area contributed by atoms with Gasteiger partial charge in [0.25, 0.3) is 5.91 Å². The van der Waals surface area contributed by atoms with Crippen LogP contribution in [0.3, 0.4) is 0 Å². The van der Waals surface area contributed by atoms with E-state index in [1.54, 1.807) is 19.2 Å². The van der Waals surface area contributed by atoms with E-state index in [2.05, 4.69) is 20.3 Å². The van der Waals surface area contributed by atoms with Crippen LogP contribution in [0.2, 0.25) is 0 Å². The van der Waals surface area contributed by atoms with Gasteiger partial charge < -0.3 is 10.2 Å². The van der Waals surface area contributed by atoms with E-state index in [1.165, 1.54) is 0 Å². The van der Waals surface area contributed by atoms with Crippen LogP contribution in [-0.4, -0.2) is 53.4 Å². The number of aromatic nitrogens is 3. The van der Waals surface area contributed by atoms with Crippen molar-refractivity contribution in [3.63, 3.8) is 0 Å². The van der Waals surface area contributed by atoms with Crippen LogP contribution >= 0.6 is 0 Å². The van der Waals surface area contributed by atoms with Crippen molar-refractivity contribution in [1.29, 1.82) is 0 Å². The summed E-state index contributed by atoms with van der Waals surface area (Å²) in [5.74, 6) is 1.04. The van der Waals surface area contributed by atoms with Crippen LogP contribution in [0.1, 0.15) is 35.4 Å². The zero-order chi connectivity index (χ0) is 19.4. The Bertz CT molecular complexity index is 918. The summed E-state index contributed by atoms with van der Waals surface area (Å²) in [5, 5.41) is 2.80. The highest BCUT2D eigenvalue weighted by Crippen LogP contribution is 2.23. The third-order valence-corrected chi connectivity index (χ3v) is 6.25. The van der Waals surface area contributed by atoms with Crippen molar-refractivity contribution in [3.05, 3.63) is 47.7 Å². The molecule has 1 amide bonds. The zero-order valence-corrected chi connectivity index (χ0v) is 16.2. The maximum atomic E-state index is 12.5. The summed E-state index contributed by atoms with van der Waals surface area (Å²) in [5.41, 5.74) is 1.01. The van der Waals surface area contributed by atoms with Gasteiger partial charge in [-0.3, -0.25) is 9.78 Å². The fraction of sp³-hybridized carbons (Fsp3) is 0.444. The van der Waals surface area contributed by atoms with Crippen LogP contribution in [0.5, 0.6) is 0 Å². The van der Waals surface area contributed by atoms with Gasteiger partial charge in [-0.25, -0.2) is 18.4 Å². The molecule has 0 spiro atoms. The minimum absolute atomic E-state index is 0.116. The molecule has 3 heterocycles. The summed E-state index contributed by atoms with van der Waals surface area (Å²) in [6, 6.07) is 6.99. The molecule has 0 aliphatic carbocycles. The lowest BCUT2D eigenvalue weighted by Crippen LogP contribution is -2.37. The zero-order valence-electron chi connectivity index (χ0n) is 15.4. The van der Waals surface area contributed by atoms with E-state index in [4.69, 9.17) is 0 Å². The molecule has 1 unspecified atom stereocenters. The van der Waals surface area contributed by atoms with Crippen molar-refractivity contribution in [3.8, 4) is 0 Å². The number of nitrogens with one attached hydrogen (secondary N) is 1. The van der Waals surface area contributed by atoms with E-state index in [9.17, 15) is 13.2 Å². The van der Waals surface area contributed by atoms with Crippen LogP contribution in [0.4, 0.5) is 5.82 Å². The van der Waals surface area contributed by atoms with Crippen molar-refractivity contribution in [2.45, 2.75) is 32.9 Å². The van der Waals surface area contributed by atoms with Gasteiger partial charge in [0.15, 0.2) is 9.84 Å². The number of nitrogens with zero attached hydrogens (tertiary/aromatic N) is 4. The van der Waals surface area contributed by atoms with Gasteiger partial charge in [-0.1, -0.05) is 6.07 Å². The quantitative estimate of drug-likeness (QED) is 0.789. The summed E-state index contributed by atoms with van der Waals surface area (Å²) in [6.45, 7) is 4.57. The number of amides is 1. The molecular weight excluding hydrogens is 366 g/mol. The summed E-state index contributed by atoms with van der Waals surface area (Å²) in [4.78, 5) is 27.3. The molecule has 3 rings (SSSR count). The first-order valence-electron chi connectivity index (χ1n) is 8.89. The fourth-order valence-electron chi connectivity index (χ4n) is 3.21. The average molecular weight is 389 g/mol. The Kier molecular flexibility index (Phi) is 5.69. The molecule has 27 heavy (non-hydrogen) atoms. The Labute approximate surface area is 159 Å². The normalized spacial score (nSPS) is 18.2. The Morgan fingerprint density at radius 2 is 2.15 bits per heavy atom. The number of sulfone groups is 1. The minimum Gasteiger partial charge on any atom is -0.353 e. The molecule has 0 bridgehead atoms. The predicted octanol–water partition coefficient (Wildman–Crippen LogP) is 1.12. The van der Waals surface area contributed by atoms with E-state index in [0.717, 1.165) is 5.69 Å². The number of carbonyl (C=O) groups is 1. The molecule has 144 valence electrons. The average Bonchev–Trinajstić information content (AvgIpc) is 3.00. The second-order valence-electron chi connectivity index (χ2n) is 6.51. The molecule has 1 fully saturated rings. The lowest BCUT2D eigenvalue weighted by molar-refractivity contribution is 0.0945. The Morgan fingerprint density at radius 3 is 2.78 bits per heavy atom. The molecule has 2 aromatic rings. The van der Waals surface area contributed by atoms with E-state index < -0.39 is 9.84 Å². The second-order valence-corrected chi connectivity index (χ2v) is 8.73. The second kappa shape index (κ2) is 7.99. The third kappa shape index (κ3) is 4.79. The number of rotatable bonds is 6. The number of anilines is 1. The largest absolute Gasteiger partial charge is 0.353 e. The van der Waals surface area contributed by atoms with Crippen molar-refractivity contribution in [1.82, 2.24) is 20.3 Å². The minimum atomic E-state index is -3.01. The lowest BCUT2D eigenvalue weighted by Gasteiger charge is -2.28. The molecule has 0 saturated carbocycles. The molecule has 1 saturated heterocycles. The highest BCUT2D eigenvalue weighted by Gasteiger charge is 2.32. The van der Waals surface area contributed by atoms with Crippen LogP contribution in [0, 0.1) is 6.92 Å².